The number of carboxylic acids is 1. The number of benzene rings is 2. The maximum absolute atomic E-state index is 13.2. The summed E-state index contributed by atoms with van der Waals surface area (Å²) in [5.41, 5.74) is 4.66. The van der Waals surface area contributed by atoms with Gasteiger partial charge in [0.05, 0.1) is 34.3 Å². The summed E-state index contributed by atoms with van der Waals surface area (Å²) in [6.07, 6.45) is 8.28. The SMILES string of the molecule is CC(=O)O.CNN.Cn1ncc2c1CC1CCCC2N1S(=O)(=O)c1ccc(Cl)cc1.O=C1CC2CCCC(/C1=C/O)N2S(=O)(=O)c1ccc(Cl)cc1. The monoisotopic (exact) mass is 798 g/mol. The molecule has 0 saturated carbocycles. The van der Waals surface area contributed by atoms with Crippen LogP contribution in [0.3, 0.4) is 0 Å². The number of aliphatic hydroxyl groups excluding tert-OH is 1. The van der Waals surface area contributed by atoms with Gasteiger partial charge >= 0.3 is 0 Å². The van der Waals surface area contributed by atoms with Crippen LogP contribution in [-0.4, -0.2) is 82.4 Å². The van der Waals surface area contributed by atoms with Crippen molar-refractivity contribution in [3.05, 3.63) is 87.9 Å². The first-order valence-corrected chi connectivity index (χ1v) is 20.2. The standard InChI is InChI=1S/C16H18ClN3O2S.C15H16ClNO4S.C2H4O2.CH6N2/c1-19-16-9-12-3-2-4-15(14(16)10-18-19)20(12)23(21,22)13-7-5-11(17)6-8-13;16-10-4-6-12(7-5-10)22(20,21)17-11-2-1-3-14(17)13(9-18)15(19)8-11;1-2(3)4;1-3-2/h5-8,10,12,15H,2-4,9H2,1H3;4-7,9,11,14,18H,1-3,8H2;1H3,(H,3,4);3H,2H2,1H3/b;13-9-;;. The zero-order valence-corrected chi connectivity index (χ0v) is 32.2. The van der Waals surface area contributed by atoms with E-state index in [2.05, 4.69) is 16.4 Å². The van der Waals surface area contributed by atoms with Crippen LogP contribution in [0.15, 0.2) is 76.4 Å². The average molecular weight is 800 g/mol. The molecule has 14 nitrogen and oxygen atoms in total. The molecule has 3 saturated heterocycles. The van der Waals surface area contributed by atoms with Gasteiger partial charge in [-0.2, -0.15) is 13.7 Å². The van der Waals surface area contributed by atoms with Crippen molar-refractivity contribution < 1.29 is 36.6 Å². The Kier molecular flexibility index (Phi) is 14.1. The van der Waals surface area contributed by atoms with Crippen LogP contribution >= 0.6 is 23.2 Å². The molecule has 284 valence electrons. The Hall–Kier alpha value is -3.35. The highest BCUT2D eigenvalue weighted by Gasteiger charge is 2.48. The number of carbonyl (C=O) groups excluding carboxylic acids is 1. The number of nitrogens with zero attached hydrogens (tertiary/aromatic N) is 4. The zero-order chi connectivity index (χ0) is 38.4. The lowest BCUT2D eigenvalue weighted by molar-refractivity contribution is -0.134. The van der Waals surface area contributed by atoms with Crippen molar-refractivity contribution in [2.24, 2.45) is 12.9 Å². The van der Waals surface area contributed by atoms with Gasteiger partial charge in [-0.25, -0.2) is 16.8 Å². The minimum absolute atomic E-state index is 0.0114. The van der Waals surface area contributed by atoms with Crippen molar-refractivity contribution in [1.29, 1.82) is 0 Å². The first kappa shape index (κ1) is 41.4. The predicted molar refractivity (Wildman–Crippen MR) is 197 cm³/mol. The molecule has 0 radical (unpaired) electrons. The van der Waals surface area contributed by atoms with E-state index in [9.17, 15) is 26.7 Å². The second-order valence-corrected chi connectivity index (χ2v) is 17.2. The summed E-state index contributed by atoms with van der Waals surface area (Å²) in [7, 11) is -3.69. The molecule has 18 heteroatoms. The lowest BCUT2D eigenvalue weighted by Gasteiger charge is -2.44. The topological polar surface area (TPSA) is 205 Å². The Morgan fingerprint density at radius 3 is 1.75 bits per heavy atom. The van der Waals surface area contributed by atoms with Crippen molar-refractivity contribution in [3.63, 3.8) is 0 Å². The predicted octanol–water partition coefficient (Wildman–Crippen LogP) is 4.75. The minimum Gasteiger partial charge on any atom is -0.515 e. The number of fused-ring (bicyclic) bond motifs is 6. The molecule has 4 atom stereocenters. The Bertz CT molecular complexity index is 1970. The average Bonchev–Trinajstić information content (AvgIpc) is 3.45. The number of aromatic nitrogens is 2. The Morgan fingerprint density at radius 1 is 0.865 bits per heavy atom. The number of hydrogen-bond acceptors (Lipinski definition) is 10. The number of halogens is 2. The molecule has 0 aliphatic carbocycles. The second-order valence-electron chi connectivity index (χ2n) is 12.7. The summed E-state index contributed by atoms with van der Waals surface area (Å²) in [4.78, 5) is 21.5. The molecular formula is C34H44Cl2N6O8S2. The van der Waals surface area contributed by atoms with Crippen LogP contribution in [0.5, 0.6) is 0 Å². The van der Waals surface area contributed by atoms with Gasteiger partial charge in [-0.3, -0.25) is 25.5 Å². The third-order valence-corrected chi connectivity index (χ3v) is 13.7. The highest BCUT2D eigenvalue weighted by Crippen LogP contribution is 2.45. The van der Waals surface area contributed by atoms with Gasteiger partial charge in [0, 0.05) is 65.8 Å². The number of rotatable bonds is 4. The van der Waals surface area contributed by atoms with E-state index in [4.69, 9.17) is 33.1 Å². The smallest absolute Gasteiger partial charge is 0.300 e. The molecule has 5 N–H and O–H groups in total. The van der Waals surface area contributed by atoms with Gasteiger partial charge in [0.25, 0.3) is 5.97 Å². The molecule has 52 heavy (non-hydrogen) atoms. The van der Waals surface area contributed by atoms with Gasteiger partial charge in [-0.1, -0.05) is 23.2 Å². The van der Waals surface area contributed by atoms with Gasteiger partial charge < -0.3 is 10.2 Å². The van der Waals surface area contributed by atoms with Crippen molar-refractivity contribution in [2.75, 3.05) is 7.05 Å². The number of carbonyl (C=O) groups is 2. The number of carboxylic acid groups (broad SMARTS) is 1. The number of piperidine rings is 3. The van der Waals surface area contributed by atoms with Gasteiger partial charge in [0.15, 0.2) is 5.78 Å². The van der Waals surface area contributed by atoms with E-state index < -0.39 is 32.1 Å². The van der Waals surface area contributed by atoms with Gasteiger partial charge in [0.2, 0.25) is 20.0 Å². The number of sulfonamides is 2. The zero-order valence-electron chi connectivity index (χ0n) is 29.0. The van der Waals surface area contributed by atoms with Crippen molar-refractivity contribution in [2.45, 2.75) is 92.2 Å². The summed E-state index contributed by atoms with van der Waals surface area (Å²) in [6.45, 7) is 1.08. The van der Waals surface area contributed by atoms with Gasteiger partial charge in [0.1, 0.15) is 0 Å². The molecule has 5 heterocycles. The van der Waals surface area contributed by atoms with Crippen LogP contribution < -0.4 is 11.3 Å². The number of nitrogens with one attached hydrogen (secondary N) is 1. The molecule has 4 unspecified atom stereocenters. The molecule has 0 spiro atoms. The Morgan fingerprint density at radius 2 is 1.29 bits per heavy atom. The van der Waals surface area contributed by atoms with Crippen molar-refractivity contribution in [3.8, 4) is 0 Å². The molecule has 4 aliphatic heterocycles. The van der Waals surface area contributed by atoms with E-state index in [1.165, 1.54) is 34.3 Å². The fourth-order valence-electron chi connectivity index (χ4n) is 7.17. The minimum atomic E-state index is -3.73. The van der Waals surface area contributed by atoms with Crippen LogP contribution in [0, 0.1) is 0 Å². The highest BCUT2D eigenvalue weighted by atomic mass is 35.5. The third kappa shape index (κ3) is 9.05. The Balaban J connectivity index is 0.000000198. The molecule has 3 fully saturated rings. The first-order valence-electron chi connectivity index (χ1n) is 16.6. The second kappa shape index (κ2) is 17.6. The van der Waals surface area contributed by atoms with Crippen LogP contribution in [0.4, 0.5) is 0 Å². The molecule has 1 aromatic heterocycles. The molecule has 2 aromatic carbocycles. The fraction of sp³-hybridized carbons (Fsp3) is 0.441. The third-order valence-electron chi connectivity index (χ3n) is 9.26. The largest absolute Gasteiger partial charge is 0.515 e. The number of ketones is 1. The van der Waals surface area contributed by atoms with Crippen molar-refractivity contribution in [1.82, 2.24) is 23.8 Å². The lowest BCUT2D eigenvalue weighted by atomic mass is 9.83. The van der Waals surface area contributed by atoms with E-state index in [0.29, 0.717) is 27.8 Å². The number of aliphatic carboxylic acids is 1. The molecule has 4 aliphatic rings. The van der Waals surface area contributed by atoms with Crippen LogP contribution in [0.2, 0.25) is 10.0 Å². The highest BCUT2D eigenvalue weighted by molar-refractivity contribution is 7.89. The fourth-order valence-corrected chi connectivity index (χ4v) is 11.1. The quantitative estimate of drug-likeness (QED) is 0.123. The number of aryl methyl sites for hydroxylation is 1. The molecule has 0 amide bonds. The summed E-state index contributed by atoms with van der Waals surface area (Å²) in [6, 6.07) is 11.4. The van der Waals surface area contributed by atoms with Crippen molar-refractivity contribution >= 4 is 55.0 Å². The molecule has 3 aromatic rings. The maximum atomic E-state index is 13.2. The number of Topliss-reactive ketones (excluding diaryl/α,β-unsaturated/α-hetero) is 1. The number of nitrogens with two attached hydrogens (primary N) is 1. The number of aliphatic hydroxyl groups is 1. The summed E-state index contributed by atoms with van der Waals surface area (Å²) in [5.74, 6) is 3.60. The van der Waals surface area contributed by atoms with Crippen LogP contribution in [0.25, 0.3) is 0 Å². The maximum Gasteiger partial charge on any atom is 0.300 e. The van der Waals surface area contributed by atoms with Crippen LogP contribution in [0.1, 0.15) is 69.2 Å². The van der Waals surface area contributed by atoms with Crippen LogP contribution in [-0.2, 0) is 43.1 Å². The molecule has 7 rings (SSSR count). The normalized spacial score (nSPS) is 23.5. The van der Waals surface area contributed by atoms with E-state index in [1.54, 1.807) is 35.6 Å². The summed E-state index contributed by atoms with van der Waals surface area (Å²) < 4.78 is 57.2. The molecule has 4 bridgehead atoms. The van der Waals surface area contributed by atoms with E-state index >= 15 is 0 Å². The number of hydrazine groups is 1. The number of hydrogen-bond donors (Lipinski definition) is 4. The van der Waals surface area contributed by atoms with Gasteiger partial charge in [-0.15, -0.1) is 0 Å². The van der Waals surface area contributed by atoms with E-state index in [-0.39, 0.29) is 40.8 Å². The summed E-state index contributed by atoms with van der Waals surface area (Å²) in [5, 5.41) is 22.1. The van der Waals surface area contributed by atoms with E-state index in [1.807, 2.05) is 17.9 Å². The Labute approximate surface area is 314 Å². The first-order chi connectivity index (χ1) is 24.6. The van der Waals surface area contributed by atoms with E-state index in [0.717, 1.165) is 50.9 Å². The molecular weight excluding hydrogens is 755 g/mol. The van der Waals surface area contributed by atoms with Gasteiger partial charge in [-0.05, 0) is 94.1 Å². The summed E-state index contributed by atoms with van der Waals surface area (Å²) >= 11 is 11.7. The lowest BCUT2D eigenvalue weighted by Crippen LogP contribution is -2.56.